The van der Waals surface area contributed by atoms with E-state index >= 15 is 0 Å². The van der Waals surface area contributed by atoms with E-state index in [0.717, 1.165) is 43.2 Å². The summed E-state index contributed by atoms with van der Waals surface area (Å²) in [6.45, 7) is 6.22. The number of halogens is 1. The van der Waals surface area contributed by atoms with Crippen LogP contribution < -0.4 is 0 Å². The molecule has 3 rings (SSSR count). The lowest BCUT2D eigenvalue weighted by Gasteiger charge is -2.40. The minimum absolute atomic E-state index is 0.0935. The Morgan fingerprint density at radius 2 is 1.71 bits per heavy atom. The van der Waals surface area contributed by atoms with E-state index in [0.29, 0.717) is 18.4 Å². The van der Waals surface area contributed by atoms with E-state index in [1.807, 2.05) is 24.3 Å². The summed E-state index contributed by atoms with van der Waals surface area (Å²) >= 11 is 0. The Labute approximate surface area is 186 Å². The maximum Gasteiger partial charge on any atom is 0.179 e. The van der Waals surface area contributed by atoms with E-state index in [1.54, 1.807) is 0 Å². The van der Waals surface area contributed by atoms with Crippen molar-refractivity contribution in [3.05, 3.63) is 65.0 Å². The summed E-state index contributed by atoms with van der Waals surface area (Å²) in [6.07, 6.45) is 4.77. The lowest BCUT2D eigenvalue weighted by molar-refractivity contribution is 0.0126. The number of aryl methyl sites for hydroxylation is 1. The standard InChI is InChI=1S/C26H35FO3S/c1-4-7-14-26(15-8-5-2)18-31(29,30)23-13-12-21(27)17-22(23)24(25(26)28)20-11-9-10-19(6-3)16-20/h9-13,16-17,24-25,28H,4-8,14-15,18H2,1-3H3/t24-,25-/m1/s1. The van der Waals surface area contributed by atoms with E-state index in [2.05, 4.69) is 20.8 Å². The normalized spacial score (nSPS) is 22.0. The fourth-order valence-electron chi connectivity index (χ4n) is 5.10. The highest BCUT2D eigenvalue weighted by molar-refractivity contribution is 7.91. The summed E-state index contributed by atoms with van der Waals surface area (Å²) in [7, 11) is -3.68. The first-order chi connectivity index (χ1) is 14.8. The van der Waals surface area contributed by atoms with Gasteiger partial charge in [-0.3, -0.25) is 0 Å². The summed E-state index contributed by atoms with van der Waals surface area (Å²) < 4.78 is 41.5. The second-order valence-electron chi connectivity index (χ2n) is 9.03. The van der Waals surface area contributed by atoms with Gasteiger partial charge in [0.25, 0.3) is 0 Å². The molecule has 0 amide bonds. The number of hydrogen-bond donors (Lipinski definition) is 1. The molecule has 0 spiro atoms. The number of hydrogen-bond acceptors (Lipinski definition) is 3. The van der Waals surface area contributed by atoms with Gasteiger partial charge in [-0.1, -0.05) is 70.7 Å². The van der Waals surface area contributed by atoms with Crippen LogP contribution in [0.15, 0.2) is 47.4 Å². The van der Waals surface area contributed by atoms with Crippen LogP contribution in [0.25, 0.3) is 0 Å². The fourth-order valence-corrected chi connectivity index (χ4v) is 7.29. The Morgan fingerprint density at radius 3 is 2.32 bits per heavy atom. The molecule has 1 aliphatic heterocycles. The molecule has 0 fully saturated rings. The molecular weight excluding hydrogens is 411 g/mol. The third-order valence-corrected chi connectivity index (χ3v) is 8.83. The number of fused-ring (bicyclic) bond motifs is 1. The molecule has 2 aromatic carbocycles. The summed E-state index contributed by atoms with van der Waals surface area (Å²) in [6, 6.07) is 11.9. The Hall–Kier alpha value is -1.72. The number of benzene rings is 2. The summed E-state index contributed by atoms with van der Waals surface area (Å²) in [5, 5.41) is 11.9. The van der Waals surface area contributed by atoms with Crippen LogP contribution in [0.2, 0.25) is 0 Å². The first-order valence-corrected chi connectivity index (χ1v) is 13.2. The van der Waals surface area contributed by atoms with Crippen LogP contribution in [0.4, 0.5) is 4.39 Å². The Bertz CT molecular complexity index is 991. The van der Waals surface area contributed by atoms with E-state index in [9.17, 15) is 17.9 Å². The topological polar surface area (TPSA) is 54.4 Å². The average Bonchev–Trinajstić information content (AvgIpc) is 2.82. The highest BCUT2D eigenvalue weighted by atomic mass is 32.2. The molecule has 0 aromatic heterocycles. The number of sulfone groups is 1. The molecule has 0 saturated heterocycles. The van der Waals surface area contributed by atoms with Crippen LogP contribution in [0.3, 0.4) is 0 Å². The van der Waals surface area contributed by atoms with Crippen molar-refractivity contribution in [2.45, 2.75) is 82.6 Å². The van der Waals surface area contributed by atoms with Crippen LogP contribution in [0.5, 0.6) is 0 Å². The second kappa shape index (κ2) is 9.83. The SMILES string of the molecule is CCCCC1(CCCC)CS(=O)(=O)c2ccc(F)cc2[C@@H](c2cccc(CC)c2)[C@H]1O. The van der Waals surface area contributed by atoms with Crippen molar-refractivity contribution < 1.29 is 17.9 Å². The molecule has 3 nitrogen and oxygen atoms in total. The van der Waals surface area contributed by atoms with Gasteiger partial charge in [-0.15, -0.1) is 0 Å². The van der Waals surface area contributed by atoms with E-state index in [4.69, 9.17) is 0 Å². The summed E-state index contributed by atoms with van der Waals surface area (Å²) in [5.74, 6) is -1.15. The molecule has 0 aliphatic carbocycles. The first-order valence-electron chi connectivity index (χ1n) is 11.6. The van der Waals surface area contributed by atoms with Crippen molar-refractivity contribution in [1.82, 2.24) is 0 Å². The van der Waals surface area contributed by atoms with Gasteiger partial charge >= 0.3 is 0 Å². The van der Waals surface area contributed by atoms with Crippen LogP contribution in [-0.2, 0) is 16.3 Å². The Balaban J connectivity index is 2.28. The van der Waals surface area contributed by atoms with Crippen molar-refractivity contribution in [3.63, 3.8) is 0 Å². The highest BCUT2D eigenvalue weighted by Gasteiger charge is 2.49. The van der Waals surface area contributed by atoms with Gasteiger partial charge in [-0.25, -0.2) is 12.8 Å². The van der Waals surface area contributed by atoms with Crippen LogP contribution in [0, 0.1) is 11.2 Å². The minimum atomic E-state index is -3.68. The zero-order chi connectivity index (χ0) is 22.6. The molecule has 170 valence electrons. The summed E-state index contributed by atoms with van der Waals surface area (Å²) in [5.41, 5.74) is 1.60. The monoisotopic (exact) mass is 446 g/mol. The first kappa shape index (κ1) is 23.9. The zero-order valence-corrected chi connectivity index (χ0v) is 19.7. The lowest BCUT2D eigenvalue weighted by Crippen LogP contribution is -2.43. The molecule has 2 aromatic rings. The second-order valence-corrected chi connectivity index (χ2v) is 11.0. The van der Waals surface area contributed by atoms with E-state index < -0.39 is 33.1 Å². The highest BCUT2D eigenvalue weighted by Crippen LogP contribution is 2.49. The van der Waals surface area contributed by atoms with Crippen molar-refractivity contribution in [2.75, 3.05) is 5.75 Å². The van der Waals surface area contributed by atoms with Gasteiger partial charge < -0.3 is 5.11 Å². The molecule has 1 heterocycles. The third-order valence-electron chi connectivity index (χ3n) is 6.84. The molecule has 0 radical (unpaired) electrons. The van der Waals surface area contributed by atoms with E-state index in [-0.39, 0.29) is 10.6 Å². The van der Waals surface area contributed by atoms with Gasteiger partial charge in [0.15, 0.2) is 9.84 Å². The Morgan fingerprint density at radius 1 is 1.03 bits per heavy atom. The largest absolute Gasteiger partial charge is 0.392 e. The zero-order valence-electron chi connectivity index (χ0n) is 18.9. The number of aliphatic hydroxyl groups is 1. The molecule has 0 saturated carbocycles. The predicted molar refractivity (Wildman–Crippen MR) is 124 cm³/mol. The number of unbranched alkanes of at least 4 members (excludes halogenated alkanes) is 2. The number of rotatable bonds is 8. The van der Waals surface area contributed by atoms with Crippen LogP contribution in [-0.4, -0.2) is 25.4 Å². The van der Waals surface area contributed by atoms with E-state index in [1.165, 1.54) is 18.2 Å². The minimum Gasteiger partial charge on any atom is -0.392 e. The molecular formula is C26H35FO3S. The molecule has 31 heavy (non-hydrogen) atoms. The van der Waals surface area contributed by atoms with Crippen LogP contribution in [0.1, 0.15) is 81.9 Å². The molecule has 5 heteroatoms. The van der Waals surface area contributed by atoms with Gasteiger partial charge in [-0.2, -0.15) is 0 Å². The van der Waals surface area contributed by atoms with Gasteiger partial charge in [-0.05, 0) is 54.2 Å². The fraction of sp³-hybridized carbons (Fsp3) is 0.538. The van der Waals surface area contributed by atoms with Gasteiger partial charge in [0.1, 0.15) is 5.82 Å². The quantitative estimate of drug-likeness (QED) is 0.503. The molecule has 2 atom stereocenters. The molecule has 1 N–H and O–H groups in total. The van der Waals surface area contributed by atoms with Crippen molar-refractivity contribution >= 4 is 9.84 Å². The van der Waals surface area contributed by atoms with Gasteiger partial charge in [0.2, 0.25) is 0 Å². The van der Waals surface area contributed by atoms with Crippen molar-refractivity contribution in [3.8, 4) is 0 Å². The van der Waals surface area contributed by atoms with Gasteiger partial charge in [0, 0.05) is 11.3 Å². The summed E-state index contributed by atoms with van der Waals surface area (Å²) in [4.78, 5) is 0.162. The maximum atomic E-state index is 14.4. The maximum absolute atomic E-state index is 14.4. The Kier molecular flexibility index (Phi) is 7.59. The predicted octanol–water partition coefficient (Wildman–Crippen LogP) is 6.04. The van der Waals surface area contributed by atoms with Crippen LogP contribution >= 0.6 is 0 Å². The average molecular weight is 447 g/mol. The van der Waals surface area contributed by atoms with Crippen molar-refractivity contribution in [2.24, 2.45) is 5.41 Å². The number of aliphatic hydroxyl groups excluding tert-OH is 1. The molecule has 0 unspecified atom stereocenters. The lowest BCUT2D eigenvalue weighted by atomic mass is 9.68. The smallest absolute Gasteiger partial charge is 0.179 e. The van der Waals surface area contributed by atoms with Crippen molar-refractivity contribution in [1.29, 1.82) is 0 Å². The molecule has 0 bridgehead atoms. The molecule has 1 aliphatic rings. The van der Waals surface area contributed by atoms with Gasteiger partial charge in [0.05, 0.1) is 16.8 Å². The third kappa shape index (κ3) is 4.88.